The number of hydrogen-bond donors (Lipinski definition) is 1. The van der Waals surface area contributed by atoms with Gasteiger partial charge in [0.15, 0.2) is 0 Å². The third-order valence-corrected chi connectivity index (χ3v) is 4.83. The van der Waals surface area contributed by atoms with Crippen molar-refractivity contribution in [1.82, 2.24) is 19.8 Å². The molecule has 0 aliphatic carbocycles. The molecule has 1 amide bonds. The van der Waals surface area contributed by atoms with Gasteiger partial charge in [0.1, 0.15) is 10.0 Å². The fourth-order valence-electron chi connectivity index (χ4n) is 2.60. The molecule has 22 heavy (non-hydrogen) atoms. The first-order valence-electron chi connectivity index (χ1n) is 7.27. The molecule has 1 aromatic carbocycles. The van der Waals surface area contributed by atoms with E-state index in [1.165, 1.54) is 11.5 Å². The SMILES string of the molecule is O=C(NC1CCN(Cc2nnsc2Cl)CC1)c1ccccc1. The fourth-order valence-corrected chi connectivity index (χ4v) is 3.21. The van der Waals surface area contributed by atoms with Crippen molar-refractivity contribution in [2.75, 3.05) is 13.1 Å². The predicted octanol–water partition coefficient (Wildman–Crippen LogP) is 2.59. The minimum atomic E-state index is 0.00537. The molecule has 3 rings (SSSR count). The Morgan fingerprint density at radius 1 is 1.32 bits per heavy atom. The summed E-state index contributed by atoms with van der Waals surface area (Å²) in [6.45, 7) is 2.58. The summed E-state index contributed by atoms with van der Waals surface area (Å²) in [4.78, 5) is 14.4. The summed E-state index contributed by atoms with van der Waals surface area (Å²) in [5.41, 5.74) is 1.56. The second kappa shape index (κ2) is 7.17. The van der Waals surface area contributed by atoms with Crippen molar-refractivity contribution in [3.05, 3.63) is 45.9 Å². The number of carbonyl (C=O) groups excluding carboxylic acids is 1. The number of rotatable bonds is 4. The van der Waals surface area contributed by atoms with E-state index in [2.05, 4.69) is 19.8 Å². The average Bonchev–Trinajstić information content (AvgIpc) is 2.95. The molecule has 2 aromatic rings. The van der Waals surface area contributed by atoms with Crippen LogP contribution in [0.3, 0.4) is 0 Å². The number of aromatic nitrogens is 2. The standard InChI is InChI=1S/C15H17ClN4OS/c16-14-13(18-19-22-14)10-20-8-6-12(7-9-20)17-15(21)11-4-2-1-3-5-11/h1-5,12H,6-10H2,(H,17,21). The lowest BCUT2D eigenvalue weighted by Crippen LogP contribution is -2.44. The van der Waals surface area contributed by atoms with Crippen LogP contribution in [0.5, 0.6) is 0 Å². The fraction of sp³-hybridized carbons (Fsp3) is 0.400. The maximum atomic E-state index is 12.1. The first kappa shape index (κ1) is 15.4. The van der Waals surface area contributed by atoms with Crippen molar-refractivity contribution in [1.29, 1.82) is 0 Å². The highest BCUT2D eigenvalue weighted by molar-refractivity contribution is 7.10. The number of piperidine rings is 1. The summed E-state index contributed by atoms with van der Waals surface area (Å²) in [5.74, 6) is 0.00537. The molecular formula is C15H17ClN4OS. The average molecular weight is 337 g/mol. The smallest absolute Gasteiger partial charge is 0.251 e. The van der Waals surface area contributed by atoms with Gasteiger partial charge in [0.25, 0.3) is 5.91 Å². The second-order valence-electron chi connectivity index (χ2n) is 5.38. The van der Waals surface area contributed by atoms with E-state index in [1.54, 1.807) is 0 Å². The third kappa shape index (κ3) is 3.82. The monoisotopic (exact) mass is 336 g/mol. The van der Waals surface area contributed by atoms with E-state index in [-0.39, 0.29) is 11.9 Å². The van der Waals surface area contributed by atoms with Crippen LogP contribution in [0, 0.1) is 0 Å². The molecule has 1 aliphatic heterocycles. The molecule has 116 valence electrons. The third-order valence-electron chi connectivity index (χ3n) is 3.84. The molecule has 1 aliphatic rings. The van der Waals surface area contributed by atoms with Crippen LogP contribution in [-0.2, 0) is 6.54 Å². The maximum Gasteiger partial charge on any atom is 0.251 e. The van der Waals surface area contributed by atoms with Gasteiger partial charge in [-0.25, -0.2) is 0 Å². The highest BCUT2D eigenvalue weighted by atomic mass is 35.5. The van der Waals surface area contributed by atoms with Crippen LogP contribution < -0.4 is 5.32 Å². The Morgan fingerprint density at radius 3 is 2.68 bits per heavy atom. The molecule has 0 unspecified atom stereocenters. The molecule has 0 spiro atoms. The number of nitrogens with zero attached hydrogens (tertiary/aromatic N) is 3. The van der Waals surface area contributed by atoms with E-state index in [0.717, 1.165) is 38.2 Å². The van der Waals surface area contributed by atoms with Gasteiger partial charge in [0.05, 0.1) is 0 Å². The number of carbonyl (C=O) groups is 1. The number of benzene rings is 1. The van der Waals surface area contributed by atoms with Crippen LogP contribution >= 0.6 is 23.1 Å². The Balaban J connectivity index is 1.48. The normalized spacial score (nSPS) is 16.6. The number of halogens is 1. The largest absolute Gasteiger partial charge is 0.349 e. The lowest BCUT2D eigenvalue weighted by Gasteiger charge is -2.31. The molecule has 0 radical (unpaired) electrons. The Bertz CT molecular complexity index is 625. The molecule has 7 heteroatoms. The van der Waals surface area contributed by atoms with Crippen molar-refractivity contribution in [2.24, 2.45) is 0 Å². The van der Waals surface area contributed by atoms with Crippen LogP contribution in [0.15, 0.2) is 30.3 Å². The van der Waals surface area contributed by atoms with E-state index >= 15 is 0 Å². The number of likely N-dealkylation sites (tertiary alicyclic amines) is 1. The summed E-state index contributed by atoms with van der Waals surface area (Å²) in [5, 5.41) is 7.15. The van der Waals surface area contributed by atoms with Gasteiger partial charge in [0.2, 0.25) is 0 Å². The first-order valence-corrected chi connectivity index (χ1v) is 8.42. The zero-order chi connectivity index (χ0) is 15.4. The predicted molar refractivity (Wildman–Crippen MR) is 87.1 cm³/mol. The van der Waals surface area contributed by atoms with Gasteiger partial charge >= 0.3 is 0 Å². The Hall–Kier alpha value is -1.50. The van der Waals surface area contributed by atoms with Gasteiger partial charge in [-0.05, 0) is 25.0 Å². The molecular weight excluding hydrogens is 320 g/mol. The maximum absolute atomic E-state index is 12.1. The zero-order valence-corrected chi connectivity index (χ0v) is 13.6. The van der Waals surface area contributed by atoms with E-state index in [1.807, 2.05) is 30.3 Å². The molecule has 1 saturated heterocycles. The van der Waals surface area contributed by atoms with Gasteiger partial charge < -0.3 is 5.32 Å². The Morgan fingerprint density at radius 2 is 2.05 bits per heavy atom. The van der Waals surface area contributed by atoms with Gasteiger partial charge in [-0.1, -0.05) is 34.3 Å². The molecule has 1 N–H and O–H groups in total. The molecule has 0 saturated carbocycles. The topological polar surface area (TPSA) is 58.1 Å². The van der Waals surface area contributed by atoms with Crippen LogP contribution in [0.25, 0.3) is 0 Å². The Kier molecular flexibility index (Phi) is 5.02. The van der Waals surface area contributed by atoms with E-state index in [0.29, 0.717) is 9.90 Å². The van der Waals surface area contributed by atoms with Crippen molar-refractivity contribution in [3.63, 3.8) is 0 Å². The van der Waals surface area contributed by atoms with Crippen molar-refractivity contribution >= 4 is 29.0 Å². The van der Waals surface area contributed by atoms with Crippen molar-refractivity contribution in [3.8, 4) is 0 Å². The number of amides is 1. The van der Waals surface area contributed by atoms with Crippen molar-refractivity contribution in [2.45, 2.75) is 25.4 Å². The summed E-state index contributed by atoms with van der Waals surface area (Å²) in [6, 6.07) is 9.57. The number of hydrogen-bond acceptors (Lipinski definition) is 5. The number of nitrogens with one attached hydrogen (secondary N) is 1. The molecule has 0 bridgehead atoms. The van der Waals surface area contributed by atoms with E-state index < -0.39 is 0 Å². The van der Waals surface area contributed by atoms with Crippen LogP contribution in [0.4, 0.5) is 0 Å². The highest BCUT2D eigenvalue weighted by Crippen LogP contribution is 2.21. The summed E-state index contributed by atoms with van der Waals surface area (Å²) >= 11 is 7.25. The van der Waals surface area contributed by atoms with Gasteiger partial charge in [0, 0.05) is 42.8 Å². The van der Waals surface area contributed by atoms with Crippen LogP contribution in [0.1, 0.15) is 28.9 Å². The van der Waals surface area contributed by atoms with Gasteiger partial charge in [-0.15, -0.1) is 5.10 Å². The van der Waals surface area contributed by atoms with Crippen LogP contribution in [0.2, 0.25) is 4.34 Å². The molecule has 5 nitrogen and oxygen atoms in total. The van der Waals surface area contributed by atoms with Crippen molar-refractivity contribution < 1.29 is 4.79 Å². The Labute approximate surface area is 138 Å². The summed E-state index contributed by atoms with van der Waals surface area (Å²) in [7, 11) is 0. The van der Waals surface area contributed by atoms with E-state index in [4.69, 9.17) is 11.6 Å². The summed E-state index contributed by atoms with van der Waals surface area (Å²) < 4.78 is 4.52. The zero-order valence-electron chi connectivity index (χ0n) is 12.0. The van der Waals surface area contributed by atoms with Gasteiger partial charge in [-0.3, -0.25) is 9.69 Å². The summed E-state index contributed by atoms with van der Waals surface area (Å²) in [6.07, 6.45) is 1.88. The quantitative estimate of drug-likeness (QED) is 0.932. The van der Waals surface area contributed by atoms with Crippen LogP contribution in [-0.4, -0.2) is 39.5 Å². The molecule has 2 heterocycles. The molecule has 1 aromatic heterocycles. The van der Waals surface area contributed by atoms with Gasteiger partial charge in [-0.2, -0.15) is 0 Å². The molecule has 0 atom stereocenters. The lowest BCUT2D eigenvalue weighted by atomic mass is 10.0. The highest BCUT2D eigenvalue weighted by Gasteiger charge is 2.22. The molecule has 1 fully saturated rings. The lowest BCUT2D eigenvalue weighted by molar-refractivity contribution is 0.0908. The second-order valence-corrected chi connectivity index (χ2v) is 6.74. The minimum absolute atomic E-state index is 0.00537. The first-order chi connectivity index (χ1) is 10.7. The van der Waals surface area contributed by atoms with E-state index in [9.17, 15) is 4.79 Å². The minimum Gasteiger partial charge on any atom is -0.349 e.